The summed E-state index contributed by atoms with van der Waals surface area (Å²) in [4.78, 5) is 16.6. The van der Waals surface area contributed by atoms with Gasteiger partial charge in [-0.2, -0.15) is 4.31 Å². The summed E-state index contributed by atoms with van der Waals surface area (Å²) in [5.41, 5.74) is 0.470. The zero-order chi connectivity index (χ0) is 22.2. The molecular formula is C22H26FN3O4S. The number of rotatable bonds is 4. The van der Waals surface area contributed by atoms with Gasteiger partial charge in [-0.1, -0.05) is 13.0 Å². The van der Waals surface area contributed by atoms with Gasteiger partial charge >= 0.3 is 0 Å². The highest BCUT2D eigenvalue weighted by Crippen LogP contribution is 2.43. The number of amides is 1. The minimum Gasteiger partial charge on any atom is -0.362 e. The van der Waals surface area contributed by atoms with Gasteiger partial charge in [0.05, 0.1) is 22.4 Å². The number of carbonyl (C=O) groups excluding carboxylic acids is 1. The lowest BCUT2D eigenvalue weighted by Crippen LogP contribution is -2.52. The largest absolute Gasteiger partial charge is 0.362 e. The number of carbonyl (C=O) groups is 1. The highest BCUT2D eigenvalue weighted by molar-refractivity contribution is 7.89. The van der Waals surface area contributed by atoms with Crippen molar-refractivity contribution >= 4 is 21.6 Å². The number of sulfonamides is 1. The lowest BCUT2D eigenvalue weighted by molar-refractivity contribution is -0.140. The fourth-order valence-electron chi connectivity index (χ4n) is 4.39. The zero-order valence-electron chi connectivity index (χ0n) is 17.5. The second-order valence-corrected chi connectivity index (χ2v) is 10.3. The van der Waals surface area contributed by atoms with Crippen LogP contribution >= 0.6 is 0 Å². The molecule has 2 fully saturated rings. The predicted molar refractivity (Wildman–Crippen MR) is 113 cm³/mol. The number of benzene rings is 1. The van der Waals surface area contributed by atoms with Gasteiger partial charge in [0.1, 0.15) is 11.9 Å². The summed E-state index contributed by atoms with van der Waals surface area (Å²) in [7, 11) is -3.80. The monoisotopic (exact) mass is 447 g/mol. The van der Waals surface area contributed by atoms with E-state index in [-0.39, 0.29) is 29.8 Å². The Morgan fingerprint density at radius 2 is 2.13 bits per heavy atom. The number of nitrogens with zero attached hydrogens (tertiary/aromatic N) is 2. The average Bonchev–Trinajstić information content (AvgIpc) is 3.18. The molecule has 0 saturated carbocycles. The van der Waals surface area contributed by atoms with Crippen molar-refractivity contribution in [3.05, 3.63) is 54.1 Å². The molecule has 9 heteroatoms. The minimum absolute atomic E-state index is 0.0418. The number of halogens is 1. The molecule has 0 aliphatic carbocycles. The molecule has 0 radical (unpaired) electrons. The van der Waals surface area contributed by atoms with Crippen LogP contribution in [0.15, 0.2) is 47.6 Å². The van der Waals surface area contributed by atoms with Crippen molar-refractivity contribution in [3.8, 4) is 0 Å². The summed E-state index contributed by atoms with van der Waals surface area (Å²) in [5, 5.41) is 2.82. The lowest BCUT2D eigenvalue weighted by atomic mass is 9.81. The van der Waals surface area contributed by atoms with E-state index in [2.05, 4.69) is 10.3 Å². The van der Waals surface area contributed by atoms with Gasteiger partial charge < -0.3 is 10.1 Å². The van der Waals surface area contributed by atoms with Crippen molar-refractivity contribution in [2.24, 2.45) is 5.92 Å². The molecule has 2 aromatic rings. The summed E-state index contributed by atoms with van der Waals surface area (Å²) in [5.74, 6) is -0.867. The number of piperidine rings is 1. The normalized spacial score (nSPS) is 26.8. The molecule has 1 N–H and O–H groups in total. The molecule has 166 valence electrons. The zero-order valence-corrected chi connectivity index (χ0v) is 18.4. The molecule has 3 heterocycles. The van der Waals surface area contributed by atoms with E-state index in [9.17, 15) is 17.6 Å². The predicted octanol–water partition coefficient (Wildman–Crippen LogP) is 3.12. The Balaban J connectivity index is 1.43. The highest BCUT2D eigenvalue weighted by atomic mass is 32.2. The Labute approximate surface area is 181 Å². The lowest BCUT2D eigenvalue weighted by Gasteiger charge is -2.43. The van der Waals surface area contributed by atoms with Crippen LogP contribution < -0.4 is 5.32 Å². The Hall–Kier alpha value is -2.36. The van der Waals surface area contributed by atoms with Crippen molar-refractivity contribution in [2.75, 3.05) is 18.4 Å². The molecular weight excluding hydrogens is 421 g/mol. The number of aromatic nitrogens is 1. The van der Waals surface area contributed by atoms with Crippen LogP contribution in [0.3, 0.4) is 0 Å². The SMILES string of the molecule is Cc1ccc(S(=O)(=O)N2CC[C@]3(CC[C@H](C(=O)Nc4cccnc4)O3)[C@H](C)C2)cc1F. The van der Waals surface area contributed by atoms with E-state index in [0.717, 1.165) is 6.07 Å². The molecule has 4 rings (SSSR count). The third kappa shape index (κ3) is 4.22. The summed E-state index contributed by atoms with van der Waals surface area (Å²) in [6, 6.07) is 7.49. The molecule has 2 aliphatic rings. The smallest absolute Gasteiger partial charge is 0.253 e. The second kappa shape index (κ2) is 8.29. The third-order valence-electron chi connectivity index (χ3n) is 6.37. The number of pyridine rings is 1. The van der Waals surface area contributed by atoms with Gasteiger partial charge in [-0.15, -0.1) is 0 Å². The number of anilines is 1. The second-order valence-electron chi connectivity index (χ2n) is 8.37. The molecule has 1 aromatic heterocycles. The maximum atomic E-state index is 13.9. The number of nitrogens with one attached hydrogen (secondary N) is 1. The first-order valence-electron chi connectivity index (χ1n) is 10.4. The summed E-state index contributed by atoms with van der Waals surface area (Å²) < 4.78 is 47.6. The highest BCUT2D eigenvalue weighted by Gasteiger charge is 2.50. The van der Waals surface area contributed by atoms with Crippen molar-refractivity contribution in [2.45, 2.75) is 49.7 Å². The molecule has 1 amide bonds. The van der Waals surface area contributed by atoms with E-state index in [0.29, 0.717) is 30.5 Å². The average molecular weight is 448 g/mol. The van der Waals surface area contributed by atoms with Gasteiger partial charge in [-0.05, 0) is 61.9 Å². The number of hydrogen-bond donors (Lipinski definition) is 1. The Bertz CT molecular complexity index is 1080. The topological polar surface area (TPSA) is 88.6 Å². The molecule has 2 saturated heterocycles. The van der Waals surface area contributed by atoms with Gasteiger partial charge in [0.25, 0.3) is 5.91 Å². The van der Waals surface area contributed by atoms with Gasteiger partial charge in [0.2, 0.25) is 10.0 Å². The molecule has 7 nitrogen and oxygen atoms in total. The van der Waals surface area contributed by atoms with Crippen molar-refractivity contribution in [1.29, 1.82) is 0 Å². The Morgan fingerprint density at radius 3 is 2.81 bits per heavy atom. The first-order valence-corrected chi connectivity index (χ1v) is 11.8. The van der Waals surface area contributed by atoms with E-state index in [4.69, 9.17) is 4.74 Å². The van der Waals surface area contributed by atoms with E-state index in [1.165, 1.54) is 16.4 Å². The van der Waals surface area contributed by atoms with Crippen LogP contribution in [-0.2, 0) is 19.6 Å². The van der Waals surface area contributed by atoms with Gasteiger partial charge in [0, 0.05) is 19.3 Å². The van der Waals surface area contributed by atoms with E-state index in [1.54, 1.807) is 31.5 Å². The van der Waals surface area contributed by atoms with Crippen molar-refractivity contribution < 1.29 is 22.3 Å². The van der Waals surface area contributed by atoms with Crippen molar-refractivity contribution in [3.63, 3.8) is 0 Å². The fourth-order valence-corrected chi connectivity index (χ4v) is 5.93. The van der Waals surface area contributed by atoms with Crippen LogP contribution in [0.2, 0.25) is 0 Å². The first-order chi connectivity index (χ1) is 14.7. The van der Waals surface area contributed by atoms with Crippen LogP contribution in [0, 0.1) is 18.7 Å². The summed E-state index contributed by atoms with van der Waals surface area (Å²) in [6.07, 6.45) is 4.36. The molecule has 3 atom stereocenters. The van der Waals surface area contributed by atoms with E-state index < -0.39 is 27.5 Å². The molecule has 31 heavy (non-hydrogen) atoms. The van der Waals surface area contributed by atoms with Gasteiger partial charge in [-0.3, -0.25) is 9.78 Å². The fraction of sp³-hybridized carbons (Fsp3) is 0.455. The van der Waals surface area contributed by atoms with Crippen LogP contribution in [0.5, 0.6) is 0 Å². The van der Waals surface area contributed by atoms with Crippen LogP contribution in [0.25, 0.3) is 0 Å². The Kier molecular flexibility index (Phi) is 5.85. The molecule has 0 unspecified atom stereocenters. The molecule has 1 spiro atoms. The molecule has 2 aliphatic heterocycles. The maximum Gasteiger partial charge on any atom is 0.253 e. The first kappa shape index (κ1) is 21.9. The number of ether oxygens (including phenoxy) is 1. The van der Waals surface area contributed by atoms with Crippen LogP contribution in [-0.4, -0.2) is 48.4 Å². The van der Waals surface area contributed by atoms with Crippen LogP contribution in [0.1, 0.15) is 31.7 Å². The van der Waals surface area contributed by atoms with Crippen LogP contribution in [0.4, 0.5) is 10.1 Å². The standard InChI is InChI=1S/C22H26FN3O4S/c1-15-5-6-18(12-19(15)23)31(28,29)26-11-9-22(16(2)14-26)8-7-20(30-22)21(27)25-17-4-3-10-24-13-17/h3-6,10,12-13,16,20H,7-9,11,14H2,1-2H3,(H,25,27)/t16-,20-,22-/m1/s1. The maximum absolute atomic E-state index is 13.9. The summed E-state index contributed by atoms with van der Waals surface area (Å²) in [6.45, 7) is 4.06. The summed E-state index contributed by atoms with van der Waals surface area (Å²) >= 11 is 0. The molecule has 0 bridgehead atoms. The van der Waals surface area contributed by atoms with Gasteiger partial charge in [0.15, 0.2) is 0 Å². The van der Waals surface area contributed by atoms with E-state index in [1.807, 2.05) is 6.92 Å². The molecule has 1 aromatic carbocycles. The Morgan fingerprint density at radius 1 is 1.32 bits per heavy atom. The number of hydrogen-bond acceptors (Lipinski definition) is 5. The van der Waals surface area contributed by atoms with Crippen molar-refractivity contribution in [1.82, 2.24) is 9.29 Å². The minimum atomic E-state index is -3.80. The van der Waals surface area contributed by atoms with Gasteiger partial charge in [-0.25, -0.2) is 12.8 Å². The quantitative estimate of drug-likeness (QED) is 0.778. The number of aryl methyl sites for hydroxylation is 1. The van der Waals surface area contributed by atoms with E-state index >= 15 is 0 Å². The third-order valence-corrected chi connectivity index (χ3v) is 8.23.